The first-order chi connectivity index (χ1) is 15.3. The second-order valence-electron chi connectivity index (χ2n) is 7.85. The van der Waals surface area contributed by atoms with E-state index in [0.717, 1.165) is 0 Å². The Morgan fingerprint density at radius 2 is 1.78 bits per heavy atom. The van der Waals surface area contributed by atoms with Crippen molar-refractivity contribution in [2.45, 2.75) is 26.4 Å². The highest BCUT2D eigenvalue weighted by Gasteiger charge is 2.31. The van der Waals surface area contributed by atoms with E-state index >= 15 is 0 Å². The molecular formula is C25H23ClN2O4. The van der Waals surface area contributed by atoms with E-state index in [4.69, 9.17) is 21.1 Å². The Labute approximate surface area is 191 Å². The predicted octanol–water partition coefficient (Wildman–Crippen LogP) is 5.91. The molecule has 6 nitrogen and oxygen atoms in total. The highest BCUT2D eigenvalue weighted by Crippen LogP contribution is 2.39. The van der Waals surface area contributed by atoms with E-state index in [0.29, 0.717) is 45.8 Å². The maximum atomic E-state index is 13.2. The first kappa shape index (κ1) is 21.7. The minimum atomic E-state index is -1.16. The molecule has 32 heavy (non-hydrogen) atoms. The number of carbonyl (C=O) groups excluding carboxylic acids is 2. The summed E-state index contributed by atoms with van der Waals surface area (Å²) in [5.74, 6) is 1.02. The summed E-state index contributed by atoms with van der Waals surface area (Å²) in [6.45, 7) is 5.73. The number of amides is 2. The van der Waals surface area contributed by atoms with Gasteiger partial charge in [-0.25, -0.2) is 0 Å². The number of rotatable bonds is 5. The standard InChI is InChI=1S/C25H23ClN2O4/c1-4-28-20-7-5-6-8-22(20)31-21-14-11-17(15-19(21)23(28)29)27-24(30)25(2,3)32-18-12-9-16(26)10-13-18/h5-15H,4H2,1-3H3,(H,27,30). The van der Waals surface area contributed by atoms with Crippen molar-refractivity contribution >= 4 is 34.8 Å². The summed E-state index contributed by atoms with van der Waals surface area (Å²) in [6, 6.07) is 19.2. The second-order valence-corrected chi connectivity index (χ2v) is 8.29. The number of hydrogen-bond acceptors (Lipinski definition) is 4. The van der Waals surface area contributed by atoms with Gasteiger partial charge in [-0.3, -0.25) is 9.59 Å². The molecular weight excluding hydrogens is 428 g/mol. The normalized spacial score (nSPS) is 12.9. The molecule has 1 aliphatic rings. The number of nitrogens with one attached hydrogen (secondary N) is 1. The summed E-state index contributed by atoms with van der Waals surface area (Å²) in [4.78, 5) is 27.8. The SMILES string of the molecule is CCN1C(=O)c2cc(NC(=O)C(C)(C)Oc3ccc(Cl)cc3)ccc2Oc2ccccc21. The Hall–Kier alpha value is -3.51. The predicted molar refractivity (Wildman–Crippen MR) is 125 cm³/mol. The first-order valence-electron chi connectivity index (χ1n) is 10.3. The zero-order chi connectivity index (χ0) is 22.9. The summed E-state index contributed by atoms with van der Waals surface area (Å²) in [5.41, 5.74) is 0.393. The van der Waals surface area contributed by atoms with E-state index in [2.05, 4.69) is 5.32 Å². The molecule has 3 aromatic rings. The molecule has 164 valence electrons. The molecule has 0 spiro atoms. The third-order valence-corrected chi connectivity index (χ3v) is 5.39. The van der Waals surface area contributed by atoms with E-state index < -0.39 is 5.60 Å². The van der Waals surface area contributed by atoms with Crippen LogP contribution in [0, 0.1) is 0 Å². The zero-order valence-electron chi connectivity index (χ0n) is 18.0. The van der Waals surface area contributed by atoms with Crippen LogP contribution in [0.15, 0.2) is 66.7 Å². The maximum Gasteiger partial charge on any atom is 0.267 e. The monoisotopic (exact) mass is 450 g/mol. The molecule has 1 aliphatic heterocycles. The lowest BCUT2D eigenvalue weighted by Crippen LogP contribution is -2.42. The van der Waals surface area contributed by atoms with Gasteiger partial charge in [-0.15, -0.1) is 0 Å². The third-order valence-electron chi connectivity index (χ3n) is 5.14. The molecule has 1 N–H and O–H groups in total. The average molecular weight is 451 g/mol. The van der Waals surface area contributed by atoms with Gasteiger partial charge in [0.15, 0.2) is 11.4 Å². The number of benzene rings is 3. The molecule has 7 heteroatoms. The van der Waals surface area contributed by atoms with Gasteiger partial charge < -0.3 is 19.7 Å². The van der Waals surface area contributed by atoms with E-state index in [1.54, 1.807) is 61.2 Å². The lowest BCUT2D eigenvalue weighted by molar-refractivity contribution is -0.128. The largest absolute Gasteiger partial charge is 0.478 e. The minimum Gasteiger partial charge on any atom is -0.478 e. The lowest BCUT2D eigenvalue weighted by atomic mass is 10.1. The van der Waals surface area contributed by atoms with Crippen LogP contribution >= 0.6 is 11.6 Å². The zero-order valence-corrected chi connectivity index (χ0v) is 18.8. The van der Waals surface area contributed by atoms with Crippen LogP contribution < -0.4 is 19.7 Å². The van der Waals surface area contributed by atoms with Crippen molar-refractivity contribution in [3.63, 3.8) is 0 Å². The van der Waals surface area contributed by atoms with Crippen molar-refractivity contribution in [3.05, 3.63) is 77.3 Å². The molecule has 0 unspecified atom stereocenters. The molecule has 0 radical (unpaired) electrons. The molecule has 0 aliphatic carbocycles. The number of halogens is 1. The quantitative estimate of drug-likeness (QED) is 0.524. The highest BCUT2D eigenvalue weighted by atomic mass is 35.5. The van der Waals surface area contributed by atoms with E-state index in [-0.39, 0.29) is 11.8 Å². The Kier molecular flexibility index (Phi) is 5.80. The summed E-state index contributed by atoms with van der Waals surface area (Å²) in [5, 5.41) is 3.43. The molecule has 0 aromatic heterocycles. The fraction of sp³-hybridized carbons (Fsp3) is 0.200. The Morgan fingerprint density at radius 1 is 1.06 bits per heavy atom. The van der Waals surface area contributed by atoms with E-state index in [1.165, 1.54) is 0 Å². The van der Waals surface area contributed by atoms with Crippen LogP contribution in [0.25, 0.3) is 0 Å². The summed E-state index contributed by atoms with van der Waals surface area (Å²) in [7, 11) is 0. The van der Waals surface area contributed by atoms with Gasteiger partial charge >= 0.3 is 0 Å². The molecule has 0 saturated carbocycles. The number of nitrogens with zero attached hydrogens (tertiary/aromatic N) is 1. The Bertz CT molecular complexity index is 1170. The summed E-state index contributed by atoms with van der Waals surface area (Å²) in [6.07, 6.45) is 0. The van der Waals surface area contributed by atoms with Gasteiger partial charge in [0, 0.05) is 17.3 Å². The molecule has 2 amide bonds. The van der Waals surface area contributed by atoms with Crippen molar-refractivity contribution in [2.75, 3.05) is 16.8 Å². The van der Waals surface area contributed by atoms with Gasteiger partial charge in [0.2, 0.25) is 0 Å². The van der Waals surface area contributed by atoms with Crippen LogP contribution in [0.4, 0.5) is 11.4 Å². The second kappa shape index (κ2) is 8.55. The van der Waals surface area contributed by atoms with Gasteiger partial charge in [0.1, 0.15) is 11.5 Å². The van der Waals surface area contributed by atoms with Crippen molar-refractivity contribution in [1.82, 2.24) is 0 Å². The fourth-order valence-corrected chi connectivity index (χ4v) is 3.57. The third kappa shape index (κ3) is 4.27. The molecule has 1 heterocycles. The van der Waals surface area contributed by atoms with Crippen LogP contribution in [0.3, 0.4) is 0 Å². The molecule has 0 atom stereocenters. The number of para-hydroxylation sites is 2. The van der Waals surface area contributed by atoms with Gasteiger partial charge in [-0.1, -0.05) is 23.7 Å². The number of anilines is 2. The van der Waals surface area contributed by atoms with Crippen molar-refractivity contribution in [3.8, 4) is 17.2 Å². The van der Waals surface area contributed by atoms with Gasteiger partial charge in [-0.05, 0) is 75.4 Å². The van der Waals surface area contributed by atoms with Crippen molar-refractivity contribution in [1.29, 1.82) is 0 Å². The van der Waals surface area contributed by atoms with Crippen LogP contribution in [0.2, 0.25) is 5.02 Å². The highest BCUT2D eigenvalue weighted by molar-refractivity contribution is 6.30. The summed E-state index contributed by atoms with van der Waals surface area (Å²) >= 11 is 5.91. The number of carbonyl (C=O) groups is 2. The summed E-state index contributed by atoms with van der Waals surface area (Å²) < 4.78 is 11.9. The van der Waals surface area contributed by atoms with Crippen molar-refractivity contribution < 1.29 is 19.1 Å². The Balaban J connectivity index is 1.58. The maximum absolute atomic E-state index is 13.2. The van der Waals surface area contributed by atoms with Crippen LogP contribution in [0.5, 0.6) is 17.2 Å². The topological polar surface area (TPSA) is 67.9 Å². The molecule has 0 bridgehead atoms. The lowest BCUT2D eigenvalue weighted by Gasteiger charge is -2.25. The smallest absolute Gasteiger partial charge is 0.267 e. The molecule has 4 rings (SSSR count). The van der Waals surface area contributed by atoms with Gasteiger partial charge in [-0.2, -0.15) is 0 Å². The number of ether oxygens (including phenoxy) is 2. The Morgan fingerprint density at radius 3 is 2.50 bits per heavy atom. The van der Waals surface area contributed by atoms with Crippen LogP contribution in [-0.4, -0.2) is 24.0 Å². The molecule has 0 saturated heterocycles. The van der Waals surface area contributed by atoms with E-state index in [1.807, 2.05) is 31.2 Å². The fourth-order valence-electron chi connectivity index (χ4n) is 3.44. The molecule has 3 aromatic carbocycles. The van der Waals surface area contributed by atoms with Gasteiger partial charge in [0.25, 0.3) is 11.8 Å². The average Bonchev–Trinajstić information content (AvgIpc) is 2.89. The number of fused-ring (bicyclic) bond motifs is 2. The minimum absolute atomic E-state index is 0.194. The van der Waals surface area contributed by atoms with E-state index in [9.17, 15) is 9.59 Å². The van der Waals surface area contributed by atoms with Crippen LogP contribution in [-0.2, 0) is 4.79 Å². The molecule has 0 fully saturated rings. The first-order valence-corrected chi connectivity index (χ1v) is 10.6. The van der Waals surface area contributed by atoms with Crippen LogP contribution in [0.1, 0.15) is 31.1 Å². The van der Waals surface area contributed by atoms with Crippen molar-refractivity contribution in [2.24, 2.45) is 0 Å². The van der Waals surface area contributed by atoms with Gasteiger partial charge in [0.05, 0.1) is 11.3 Å². The number of hydrogen-bond donors (Lipinski definition) is 1.